The molecule has 1 aliphatic rings. The van der Waals surface area contributed by atoms with Crippen LogP contribution in [0.2, 0.25) is 0 Å². The molecule has 2 heterocycles. The third-order valence-electron chi connectivity index (χ3n) is 4.58. The first-order valence-corrected chi connectivity index (χ1v) is 8.69. The lowest BCUT2D eigenvalue weighted by atomic mass is 10.1. The maximum absolute atomic E-state index is 13.0. The zero-order valence-corrected chi connectivity index (χ0v) is 15.5. The van der Waals surface area contributed by atoms with E-state index in [1.165, 1.54) is 16.8 Å². The molecule has 6 nitrogen and oxygen atoms in total. The first-order chi connectivity index (χ1) is 13.1. The van der Waals surface area contributed by atoms with Crippen LogP contribution in [0.4, 0.5) is 13.2 Å². The molecule has 1 fully saturated rings. The molecule has 0 amide bonds. The minimum atomic E-state index is -4.47. The zero-order chi connectivity index (χ0) is 20.6. The van der Waals surface area contributed by atoms with Gasteiger partial charge in [0.05, 0.1) is 23.4 Å². The number of hydrogen-bond donors (Lipinski definition) is 0. The molecular weight excluding hydrogens is 377 g/mol. The first kappa shape index (κ1) is 19.9. The number of ether oxygens (including phenoxy) is 2. The second-order valence-electron chi connectivity index (χ2n) is 6.75. The minimum Gasteiger partial charge on any atom is -0.460 e. The summed E-state index contributed by atoms with van der Waals surface area (Å²) in [6.45, 7) is 5.03. The highest BCUT2D eigenvalue weighted by Gasteiger charge is 2.35. The van der Waals surface area contributed by atoms with Crippen LogP contribution in [0.1, 0.15) is 35.9 Å². The van der Waals surface area contributed by atoms with Gasteiger partial charge in [0.1, 0.15) is 6.10 Å². The Labute approximate surface area is 159 Å². The quantitative estimate of drug-likeness (QED) is 0.742. The number of nitrogens with zero attached hydrogens (tertiary/aromatic N) is 2. The van der Waals surface area contributed by atoms with E-state index in [0.717, 1.165) is 12.1 Å². The van der Waals surface area contributed by atoms with Gasteiger partial charge < -0.3 is 9.47 Å². The highest BCUT2D eigenvalue weighted by atomic mass is 19.4. The summed E-state index contributed by atoms with van der Waals surface area (Å²) in [4.78, 5) is 23.8. The van der Waals surface area contributed by atoms with Crippen molar-refractivity contribution in [1.82, 2.24) is 9.78 Å². The van der Waals surface area contributed by atoms with Crippen LogP contribution in [-0.2, 0) is 31.7 Å². The summed E-state index contributed by atoms with van der Waals surface area (Å²) in [5.41, 5.74) is 1.02. The average Bonchev–Trinajstić information content (AvgIpc) is 3.06. The van der Waals surface area contributed by atoms with Gasteiger partial charge in [-0.1, -0.05) is 6.07 Å². The van der Waals surface area contributed by atoms with Crippen molar-refractivity contribution in [2.75, 3.05) is 0 Å². The van der Waals surface area contributed by atoms with Crippen LogP contribution < -0.4 is 0 Å². The SMILES string of the molecule is Cc1nn(-c2cccc(C(F)(F)F)c2)c(C)c1CC(=O)OC1CC(C)OC1=O. The van der Waals surface area contributed by atoms with E-state index in [2.05, 4.69) is 5.10 Å². The molecule has 0 radical (unpaired) electrons. The van der Waals surface area contributed by atoms with E-state index >= 15 is 0 Å². The van der Waals surface area contributed by atoms with Gasteiger partial charge in [0.15, 0.2) is 0 Å². The Morgan fingerprint density at radius 2 is 2.07 bits per heavy atom. The Morgan fingerprint density at radius 1 is 1.36 bits per heavy atom. The molecule has 2 aromatic rings. The Balaban J connectivity index is 1.81. The van der Waals surface area contributed by atoms with Gasteiger partial charge in [0.25, 0.3) is 0 Å². The van der Waals surface area contributed by atoms with Crippen molar-refractivity contribution in [2.24, 2.45) is 0 Å². The second kappa shape index (κ2) is 7.29. The summed E-state index contributed by atoms with van der Waals surface area (Å²) < 4.78 is 50.4. The van der Waals surface area contributed by atoms with Crippen molar-refractivity contribution < 1.29 is 32.2 Å². The maximum atomic E-state index is 13.0. The number of esters is 2. The lowest BCUT2D eigenvalue weighted by molar-refractivity contribution is -0.160. The smallest absolute Gasteiger partial charge is 0.416 e. The lowest BCUT2D eigenvalue weighted by Crippen LogP contribution is -2.24. The van der Waals surface area contributed by atoms with E-state index in [-0.39, 0.29) is 18.2 Å². The van der Waals surface area contributed by atoms with Gasteiger partial charge in [-0.3, -0.25) is 4.79 Å². The third-order valence-corrected chi connectivity index (χ3v) is 4.58. The Kier molecular flexibility index (Phi) is 5.18. The highest BCUT2D eigenvalue weighted by Crippen LogP contribution is 2.31. The molecule has 0 spiro atoms. The van der Waals surface area contributed by atoms with Crippen LogP contribution in [0.15, 0.2) is 24.3 Å². The number of rotatable bonds is 4. The fourth-order valence-electron chi connectivity index (χ4n) is 3.16. The number of alkyl halides is 3. The predicted octanol–water partition coefficient (Wildman–Crippen LogP) is 3.30. The van der Waals surface area contributed by atoms with E-state index in [1.54, 1.807) is 20.8 Å². The molecule has 3 rings (SSSR count). The van der Waals surface area contributed by atoms with Crippen molar-refractivity contribution in [3.8, 4) is 5.69 Å². The van der Waals surface area contributed by atoms with Gasteiger partial charge in [-0.25, -0.2) is 9.48 Å². The van der Waals surface area contributed by atoms with E-state index in [9.17, 15) is 22.8 Å². The monoisotopic (exact) mass is 396 g/mol. The fraction of sp³-hybridized carbons (Fsp3) is 0.421. The maximum Gasteiger partial charge on any atom is 0.416 e. The van der Waals surface area contributed by atoms with Crippen molar-refractivity contribution in [1.29, 1.82) is 0 Å². The molecule has 0 bridgehead atoms. The van der Waals surface area contributed by atoms with Crippen LogP contribution in [-0.4, -0.2) is 33.9 Å². The molecule has 1 aliphatic heterocycles. The Hall–Kier alpha value is -2.84. The molecule has 2 atom stereocenters. The van der Waals surface area contributed by atoms with Crippen LogP contribution >= 0.6 is 0 Å². The molecule has 0 saturated carbocycles. The molecule has 0 N–H and O–H groups in total. The van der Waals surface area contributed by atoms with Gasteiger partial charge >= 0.3 is 18.1 Å². The van der Waals surface area contributed by atoms with Gasteiger partial charge in [0.2, 0.25) is 6.10 Å². The number of aromatic nitrogens is 2. The van der Waals surface area contributed by atoms with Crippen LogP contribution in [0, 0.1) is 13.8 Å². The number of benzene rings is 1. The second-order valence-corrected chi connectivity index (χ2v) is 6.75. The number of aryl methyl sites for hydroxylation is 1. The summed E-state index contributed by atoms with van der Waals surface area (Å²) >= 11 is 0. The van der Waals surface area contributed by atoms with E-state index in [1.807, 2.05) is 0 Å². The van der Waals surface area contributed by atoms with E-state index in [0.29, 0.717) is 23.4 Å². The summed E-state index contributed by atoms with van der Waals surface area (Å²) in [6.07, 6.45) is -5.55. The van der Waals surface area contributed by atoms with Crippen molar-refractivity contribution in [3.63, 3.8) is 0 Å². The molecule has 1 aromatic heterocycles. The molecule has 28 heavy (non-hydrogen) atoms. The van der Waals surface area contributed by atoms with Gasteiger partial charge in [-0.05, 0) is 39.0 Å². The van der Waals surface area contributed by atoms with Gasteiger partial charge in [-0.15, -0.1) is 0 Å². The Bertz CT molecular complexity index is 920. The summed E-state index contributed by atoms with van der Waals surface area (Å²) in [6, 6.07) is 4.79. The van der Waals surface area contributed by atoms with E-state index in [4.69, 9.17) is 9.47 Å². The van der Waals surface area contributed by atoms with Crippen LogP contribution in [0.5, 0.6) is 0 Å². The number of hydrogen-bond acceptors (Lipinski definition) is 5. The first-order valence-electron chi connectivity index (χ1n) is 8.69. The average molecular weight is 396 g/mol. The Morgan fingerprint density at radius 3 is 2.68 bits per heavy atom. The summed E-state index contributed by atoms with van der Waals surface area (Å²) in [5, 5.41) is 4.27. The topological polar surface area (TPSA) is 70.4 Å². The zero-order valence-electron chi connectivity index (χ0n) is 15.5. The minimum absolute atomic E-state index is 0.144. The number of cyclic esters (lactones) is 1. The van der Waals surface area contributed by atoms with Crippen molar-refractivity contribution in [2.45, 2.75) is 52.0 Å². The molecule has 9 heteroatoms. The largest absolute Gasteiger partial charge is 0.460 e. The van der Waals surface area contributed by atoms with Crippen molar-refractivity contribution in [3.05, 3.63) is 46.8 Å². The highest BCUT2D eigenvalue weighted by molar-refractivity contribution is 5.82. The molecule has 1 aromatic carbocycles. The standard InChI is InChI=1S/C19H19F3N2O4/c1-10-7-16(18(26)27-10)28-17(25)9-15-11(2)23-24(12(15)3)14-6-4-5-13(8-14)19(20,21)22/h4-6,8,10,16H,7,9H2,1-3H3. The third kappa shape index (κ3) is 4.02. The molecule has 0 aliphatic carbocycles. The molecule has 150 valence electrons. The van der Waals surface area contributed by atoms with Crippen molar-refractivity contribution >= 4 is 11.9 Å². The summed E-state index contributed by atoms with van der Waals surface area (Å²) in [7, 11) is 0. The van der Waals surface area contributed by atoms with Gasteiger partial charge in [0, 0.05) is 17.7 Å². The lowest BCUT2D eigenvalue weighted by Gasteiger charge is -2.11. The molecule has 2 unspecified atom stereocenters. The normalized spacial score (nSPS) is 19.6. The fourth-order valence-corrected chi connectivity index (χ4v) is 3.16. The van der Waals surface area contributed by atoms with Crippen LogP contribution in [0.3, 0.4) is 0 Å². The molecular formula is C19H19F3N2O4. The number of carbonyl (C=O) groups excluding carboxylic acids is 2. The van der Waals surface area contributed by atoms with Crippen LogP contribution in [0.25, 0.3) is 5.69 Å². The predicted molar refractivity (Wildman–Crippen MR) is 91.8 cm³/mol. The van der Waals surface area contributed by atoms with E-state index < -0.39 is 29.8 Å². The summed E-state index contributed by atoms with van der Waals surface area (Å²) in [5.74, 6) is -1.19. The number of carbonyl (C=O) groups is 2. The molecule has 1 saturated heterocycles. The van der Waals surface area contributed by atoms with Gasteiger partial charge in [-0.2, -0.15) is 18.3 Å². The number of halogens is 3.